The lowest BCUT2D eigenvalue weighted by atomic mass is 10.1. The van der Waals surface area contributed by atoms with E-state index in [0.29, 0.717) is 18.2 Å². The standard InChI is InChI=1S/C12H16N4O2S2/c1-2-14-20(17,18)16-12-15-11(8-19-12)10-5-3-9(7-13)4-6-10/h3-6,8,14H,2,7,13H2,1H3,(H,15,16). The van der Waals surface area contributed by atoms with Gasteiger partial charge < -0.3 is 5.73 Å². The van der Waals surface area contributed by atoms with Crippen LogP contribution >= 0.6 is 11.3 Å². The number of nitrogens with zero attached hydrogens (tertiary/aromatic N) is 1. The van der Waals surface area contributed by atoms with Crippen molar-refractivity contribution < 1.29 is 8.42 Å². The molecule has 0 saturated heterocycles. The normalized spacial score (nSPS) is 11.5. The molecule has 0 bridgehead atoms. The molecule has 0 fully saturated rings. The molecule has 0 unspecified atom stereocenters. The first kappa shape index (κ1) is 14.9. The number of hydrogen-bond donors (Lipinski definition) is 3. The first-order valence-electron chi connectivity index (χ1n) is 6.06. The summed E-state index contributed by atoms with van der Waals surface area (Å²) in [5, 5.41) is 2.14. The second-order valence-corrected chi connectivity index (χ2v) is 6.40. The van der Waals surface area contributed by atoms with Crippen molar-refractivity contribution in [1.82, 2.24) is 9.71 Å². The number of aromatic nitrogens is 1. The van der Waals surface area contributed by atoms with Gasteiger partial charge in [0.2, 0.25) is 0 Å². The van der Waals surface area contributed by atoms with Gasteiger partial charge in [-0.15, -0.1) is 11.3 Å². The summed E-state index contributed by atoms with van der Waals surface area (Å²) in [6.07, 6.45) is 0. The number of nitrogens with one attached hydrogen (secondary N) is 2. The molecule has 1 aromatic carbocycles. The first-order chi connectivity index (χ1) is 9.54. The molecule has 20 heavy (non-hydrogen) atoms. The van der Waals surface area contributed by atoms with E-state index in [1.165, 1.54) is 11.3 Å². The highest BCUT2D eigenvalue weighted by atomic mass is 32.2. The van der Waals surface area contributed by atoms with Gasteiger partial charge in [-0.3, -0.25) is 0 Å². The van der Waals surface area contributed by atoms with Crippen LogP contribution in [0.25, 0.3) is 11.3 Å². The van der Waals surface area contributed by atoms with Gasteiger partial charge in [0.15, 0.2) is 5.13 Å². The average Bonchev–Trinajstić information content (AvgIpc) is 2.86. The van der Waals surface area contributed by atoms with Crippen molar-refractivity contribution in [2.75, 3.05) is 11.3 Å². The molecule has 8 heteroatoms. The highest BCUT2D eigenvalue weighted by Crippen LogP contribution is 2.25. The monoisotopic (exact) mass is 312 g/mol. The Morgan fingerprint density at radius 1 is 1.30 bits per heavy atom. The molecule has 0 amide bonds. The van der Waals surface area contributed by atoms with Crippen molar-refractivity contribution in [1.29, 1.82) is 0 Å². The summed E-state index contributed by atoms with van der Waals surface area (Å²) in [7, 11) is -3.53. The van der Waals surface area contributed by atoms with Crippen LogP contribution in [-0.2, 0) is 16.8 Å². The Morgan fingerprint density at radius 3 is 2.60 bits per heavy atom. The third-order valence-corrected chi connectivity index (χ3v) is 4.56. The minimum Gasteiger partial charge on any atom is -0.326 e. The Kier molecular flexibility index (Phi) is 4.71. The van der Waals surface area contributed by atoms with E-state index in [1.54, 1.807) is 12.3 Å². The van der Waals surface area contributed by atoms with Crippen LogP contribution in [-0.4, -0.2) is 19.9 Å². The third kappa shape index (κ3) is 3.76. The summed E-state index contributed by atoms with van der Waals surface area (Å²) < 4.78 is 27.8. The molecular weight excluding hydrogens is 296 g/mol. The molecule has 1 aromatic heterocycles. The fourth-order valence-electron chi connectivity index (χ4n) is 1.61. The second kappa shape index (κ2) is 6.31. The van der Waals surface area contributed by atoms with Crippen LogP contribution in [0.5, 0.6) is 0 Å². The lowest BCUT2D eigenvalue weighted by Gasteiger charge is -2.04. The quantitative estimate of drug-likeness (QED) is 0.753. The molecule has 0 aliphatic heterocycles. The number of thiazole rings is 1. The minimum absolute atomic E-state index is 0.327. The van der Waals surface area contributed by atoms with Gasteiger partial charge in [0, 0.05) is 24.0 Å². The summed E-state index contributed by atoms with van der Waals surface area (Å²) >= 11 is 1.24. The van der Waals surface area contributed by atoms with E-state index in [4.69, 9.17) is 5.73 Å². The summed E-state index contributed by atoms with van der Waals surface area (Å²) in [6.45, 7) is 2.53. The van der Waals surface area contributed by atoms with Gasteiger partial charge in [0.1, 0.15) is 0 Å². The molecule has 0 saturated carbocycles. The predicted octanol–water partition coefficient (Wildman–Crippen LogP) is 1.53. The number of hydrogen-bond acceptors (Lipinski definition) is 5. The lowest BCUT2D eigenvalue weighted by molar-refractivity contribution is 0.589. The van der Waals surface area contributed by atoms with Crippen LogP contribution < -0.4 is 15.2 Å². The van der Waals surface area contributed by atoms with Gasteiger partial charge in [-0.1, -0.05) is 31.2 Å². The van der Waals surface area contributed by atoms with E-state index in [9.17, 15) is 8.42 Å². The van der Waals surface area contributed by atoms with Crippen LogP contribution in [0.4, 0.5) is 5.13 Å². The highest BCUT2D eigenvalue weighted by Gasteiger charge is 2.11. The Bertz CT molecular complexity index is 665. The van der Waals surface area contributed by atoms with E-state index in [2.05, 4.69) is 14.4 Å². The lowest BCUT2D eigenvalue weighted by Crippen LogP contribution is -2.29. The smallest absolute Gasteiger partial charge is 0.300 e. The molecule has 0 aliphatic carbocycles. The molecule has 0 aliphatic rings. The summed E-state index contributed by atoms with van der Waals surface area (Å²) in [6, 6.07) is 7.69. The number of benzene rings is 1. The predicted molar refractivity (Wildman–Crippen MR) is 81.7 cm³/mol. The van der Waals surface area contributed by atoms with Gasteiger partial charge in [0.25, 0.3) is 0 Å². The Morgan fingerprint density at radius 2 is 2.00 bits per heavy atom. The van der Waals surface area contributed by atoms with E-state index in [0.717, 1.165) is 16.8 Å². The Balaban J connectivity index is 2.16. The van der Waals surface area contributed by atoms with E-state index < -0.39 is 10.2 Å². The molecule has 2 aromatic rings. The van der Waals surface area contributed by atoms with E-state index in [1.807, 2.05) is 24.3 Å². The molecule has 0 atom stereocenters. The van der Waals surface area contributed by atoms with Crippen LogP contribution in [0, 0.1) is 0 Å². The van der Waals surface area contributed by atoms with Gasteiger partial charge in [-0.05, 0) is 5.56 Å². The second-order valence-electron chi connectivity index (χ2n) is 4.04. The number of nitrogens with two attached hydrogens (primary N) is 1. The van der Waals surface area contributed by atoms with Crippen LogP contribution in [0.15, 0.2) is 29.6 Å². The third-order valence-electron chi connectivity index (χ3n) is 2.55. The van der Waals surface area contributed by atoms with Crippen molar-refractivity contribution in [3.63, 3.8) is 0 Å². The maximum absolute atomic E-state index is 11.6. The molecule has 6 nitrogen and oxygen atoms in total. The maximum Gasteiger partial charge on any atom is 0.300 e. The molecule has 4 N–H and O–H groups in total. The summed E-state index contributed by atoms with van der Waals surface area (Å²) in [5.41, 5.74) is 8.24. The Labute approximate surface area is 122 Å². The topological polar surface area (TPSA) is 97.1 Å². The molecule has 0 spiro atoms. The van der Waals surface area contributed by atoms with Gasteiger partial charge in [0.05, 0.1) is 5.69 Å². The van der Waals surface area contributed by atoms with Crippen molar-refractivity contribution in [2.24, 2.45) is 5.73 Å². The average molecular weight is 312 g/mol. The number of rotatable bonds is 6. The minimum atomic E-state index is -3.53. The fourth-order valence-corrected chi connectivity index (χ4v) is 3.42. The Hall–Kier alpha value is -1.48. The maximum atomic E-state index is 11.6. The van der Waals surface area contributed by atoms with Crippen molar-refractivity contribution in [3.8, 4) is 11.3 Å². The van der Waals surface area contributed by atoms with Gasteiger partial charge in [-0.25, -0.2) is 9.71 Å². The summed E-state index contributed by atoms with van der Waals surface area (Å²) in [4.78, 5) is 4.26. The summed E-state index contributed by atoms with van der Waals surface area (Å²) in [5.74, 6) is 0. The zero-order chi connectivity index (χ0) is 14.6. The largest absolute Gasteiger partial charge is 0.326 e. The zero-order valence-electron chi connectivity index (χ0n) is 11.0. The molecule has 1 heterocycles. The van der Waals surface area contributed by atoms with E-state index >= 15 is 0 Å². The van der Waals surface area contributed by atoms with E-state index in [-0.39, 0.29) is 0 Å². The van der Waals surface area contributed by atoms with Crippen molar-refractivity contribution >= 4 is 26.7 Å². The molecular formula is C12H16N4O2S2. The SMILES string of the molecule is CCNS(=O)(=O)Nc1nc(-c2ccc(CN)cc2)cs1. The van der Waals surface area contributed by atoms with Gasteiger partial charge in [-0.2, -0.15) is 13.1 Å². The van der Waals surface area contributed by atoms with Crippen LogP contribution in [0.2, 0.25) is 0 Å². The van der Waals surface area contributed by atoms with Crippen molar-refractivity contribution in [2.45, 2.75) is 13.5 Å². The molecule has 108 valence electrons. The highest BCUT2D eigenvalue weighted by molar-refractivity contribution is 7.91. The molecule has 2 rings (SSSR count). The zero-order valence-corrected chi connectivity index (χ0v) is 12.6. The van der Waals surface area contributed by atoms with Crippen LogP contribution in [0.1, 0.15) is 12.5 Å². The van der Waals surface area contributed by atoms with Gasteiger partial charge >= 0.3 is 10.2 Å². The number of anilines is 1. The van der Waals surface area contributed by atoms with Crippen LogP contribution in [0.3, 0.4) is 0 Å². The first-order valence-corrected chi connectivity index (χ1v) is 8.42. The fraction of sp³-hybridized carbons (Fsp3) is 0.250. The van der Waals surface area contributed by atoms with Crippen molar-refractivity contribution in [3.05, 3.63) is 35.2 Å². The molecule has 0 radical (unpaired) electrons.